The van der Waals surface area contributed by atoms with E-state index in [4.69, 9.17) is 28.9 Å². The summed E-state index contributed by atoms with van der Waals surface area (Å²) in [6.45, 7) is 5.89. The van der Waals surface area contributed by atoms with Crippen LogP contribution in [0.25, 0.3) is 0 Å². The van der Waals surface area contributed by atoms with Gasteiger partial charge in [0.2, 0.25) is 0 Å². The third-order valence-electron chi connectivity index (χ3n) is 5.60. The molecule has 34 heavy (non-hydrogen) atoms. The van der Waals surface area contributed by atoms with Crippen LogP contribution in [0.3, 0.4) is 0 Å². The van der Waals surface area contributed by atoms with Crippen molar-refractivity contribution in [3.63, 3.8) is 0 Å². The van der Waals surface area contributed by atoms with E-state index in [0.717, 1.165) is 5.56 Å². The second kappa shape index (κ2) is 9.40. The van der Waals surface area contributed by atoms with Gasteiger partial charge in [0.15, 0.2) is 5.78 Å². The van der Waals surface area contributed by atoms with E-state index in [1.807, 2.05) is 25.7 Å². The first kappa shape index (κ1) is 23.7. The second-order valence-electron chi connectivity index (χ2n) is 8.27. The fraction of sp³-hybridized carbons (Fsp3) is 0.208. The number of Topliss-reactive ketones (excluding diaryl/α,β-unsaturated/α-hetero) is 1. The van der Waals surface area contributed by atoms with Gasteiger partial charge in [-0.25, -0.2) is 9.79 Å². The number of aryl methyl sites for hydroxylation is 1. The Labute approximate surface area is 207 Å². The summed E-state index contributed by atoms with van der Waals surface area (Å²) in [5, 5.41) is 9.55. The number of aliphatic imine (C=N–C) groups is 1. The van der Waals surface area contributed by atoms with Crippen LogP contribution in [-0.4, -0.2) is 35.3 Å². The topological polar surface area (TPSA) is 112 Å². The van der Waals surface area contributed by atoms with E-state index in [1.165, 1.54) is 6.07 Å². The maximum Gasteiger partial charge on any atom is 0.323 e. The zero-order valence-electron chi connectivity index (χ0n) is 18.8. The molecular weight excluding hydrogens is 475 g/mol. The molecule has 0 bridgehead atoms. The summed E-state index contributed by atoms with van der Waals surface area (Å²) in [4.78, 5) is 32.2. The molecule has 2 aromatic rings. The summed E-state index contributed by atoms with van der Waals surface area (Å²) in [5.74, 6) is -0.0500. The molecule has 0 fully saturated rings. The molecule has 1 atom stereocenters. The SMILES string of the molecule is Cc1cc(Cl)ccc1NC(=O)Nc1ccc(Cl)c(C(=O)C2=CNC3C2=C(N)N=CN3C(C)C)c1. The molecule has 0 aliphatic carbocycles. The van der Waals surface area contributed by atoms with E-state index >= 15 is 0 Å². The van der Waals surface area contributed by atoms with Crippen molar-refractivity contribution >= 4 is 52.7 Å². The first-order chi connectivity index (χ1) is 16.2. The molecule has 2 heterocycles. The minimum absolute atomic E-state index is 0.145. The van der Waals surface area contributed by atoms with Crippen molar-refractivity contribution in [2.45, 2.75) is 33.0 Å². The summed E-state index contributed by atoms with van der Waals surface area (Å²) in [6.07, 6.45) is 3.01. The standard InChI is InChI=1S/C24H24Cl2N6O2/c1-12(2)32-11-29-22(27)20-17(10-28-23(20)32)21(33)16-9-15(5-6-18(16)26)30-24(34)31-19-7-4-14(25)8-13(19)3/h4-12,23,28H,27H2,1-3H3,(H2,30,31,34). The summed E-state index contributed by atoms with van der Waals surface area (Å²) >= 11 is 12.3. The van der Waals surface area contributed by atoms with Crippen molar-refractivity contribution in [1.29, 1.82) is 0 Å². The summed E-state index contributed by atoms with van der Waals surface area (Å²) in [7, 11) is 0. The highest BCUT2D eigenvalue weighted by Crippen LogP contribution is 2.33. The smallest absolute Gasteiger partial charge is 0.323 e. The number of nitrogens with two attached hydrogens (primary N) is 1. The van der Waals surface area contributed by atoms with Crippen molar-refractivity contribution < 1.29 is 9.59 Å². The molecule has 2 aliphatic heterocycles. The van der Waals surface area contributed by atoms with Crippen molar-refractivity contribution in [2.75, 3.05) is 10.6 Å². The number of nitrogens with zero attached hydrogens (tertiary/aromatic N) is 2. The molecule has 0 radical (unpaired) electrons. The number of amides is 2. The number of ketones is 1. The number of urea groups is 1. The molecule has 2 aromatic carbocycles. The molecule has 176 valence electrons. The maximum atomic E-state index is 13.5. The fourth-order valence-corrected chi connectivity index (χ4v) is 4.27. The molecule has 0 aromatic heterocycles. The largest absolute Gasteiger partial charge is 0.383 e. The monoisotopic (exact) mass is 498 g/mol. The van der Waals surface area contributed by atoms with Gasteiger partial charge in [-0.1, -0.05) is 23.2 Å². The van der Waals surface area contributed by atoms with Crippen LogP contribution in [0.4, 0.5) is 16.2 Å². The van der Waals surface area contributed by atoms with E-state index in [0.29, 0.717) is 27.5 Å². The summed E-state index contributed by atoms with van der Waals surface area (Å²) in [5.41, 5.74) is 9.20. The molecule has 10 heteroatoms. The average molecular weight is 499 g/mol. The highest BCUT2D eigenvalue weighted by Gasteiger charge is 2.37. The first-order valence-corrected chi connectivity index (χ1v) is 11.4. The number of nitrogens with one attached hydrogen (secondary N) is 3. The quantitative estimate of drug-likeness (QED) is 0.439. The lowest BCUT2D eigenvalue weighted by atomic mass is 9.96. The molecular formula is C24H24Cl2N6O2. The van der Waals surface area contributed by atoms with E-state index in [2.05, 4.69) is 20.9 Å². The van der Waals surface area contributed by atoms with Gasteiger partial charge in [0, 0.05) is 45.3 Å². The molecule has 0 spiro atoms. The number of fused-ring (bicyclic) bond motifs is 1. The van der Waals surface area contributed by atoms with Gasteiger partial charge in [-0.3, -0.25) is 4.79 Å². The zero-order chi connectivity index (χ0) is 24.6. The fourth-order valence-electron chi connectivity index (χ4n) is 3.84. The number of halogens is 2. The van der Waals surface area contributed by atoms with Crippen molar-refractivity contribution in [3.8, 4) is 0 Å². The normalized spacial score (nSPS) is 16.8. The van der Waals surface area contributed by atoms with Crippen LogP contribution in [0.1, 0.15) is 29.8 Å². The zero-order valence-corrected chi connectivity index (χ0v) is 20.3. The molecule has 2 amide bonds. The van der Waals surface area contributed by atoms with E-state index < -0.39 is 6.03 Å². The molecule has 0 saturated heterocycles. The Morgan fingerprint density at radius 2 is 1.91 bits per heavy atom. The van der Waals surface area contributed by atoms with Crippen LogP contribution in [0, 0.1) is 6.92 Å². The highest BCUT2D eigenvalue weighted by atomic mass is 35.5. The molecule has 0 saturated carbocycles. The Morgan fingerprint density at radius 3 is 2.62 bits per heavy atom. The minimum Gasteiger partial charge on any atom is -0.383 e. The van der Waals surface area contributed by atoms with Gasteiger partial charge in [-0.05, 0) is 62.7 Å². The number of carbonyl (C=O) groups excluding carboxylic acids is 2. The Morgan fingerprint density at radius 1 is 1.15 bits per heavy atom. The van der Waals surface area contributed by atoms with Crippen molar-refractivity contribution in [2.24, 2.45) is 10.7 Å². The van der Waals surface area contributed by atoms with Gasteiger partial charge in [0.05, 0.1) is 11.4 Å². The number of benzene rings is 2. The Balaban J connectivity index is 1.55. The predicted octanol–water partition coefficient (Wildman–Crippen LogP) is 4.86. The third-order valence-corrected chi connectivity index (χ3v) is 6.16. The Bertz CT molecular complexity index is 1270. The lowest BCUT2D eigenvalue weighted by Crippen LogP contribution is -2.48. The Hall–Kier alpha value is -3.49. The number of hydrogen-bond donors (Lipinski definition) is 4. The molecule has 2 aliphatic rings. The van der Waals surface area contributed by atoms with Gasteiger partial charge in [-0.15, -0.1) is 0 Å². The van der Waals surface area contributed by atoms with Crippen LogP contribution < -0.4 is 21.7 Å². The number of rotatable bonds is 5. The molecule has 1 unspecified atom stereocenters. The molecule has 4 rings (SSSR count). The molecule has 8 nitrogen and oxygen atoms in total. The van der Waals surface area contributed by atoms with Gasteiger partial charge >= 0.3 is 6.03 Å². The minimum atomic E-state index is -0.464. The van der Waals surface area contributed by atoms with Gasteiger partial charge in [-0.2, -0.15) is 0 Å². The van der Waals surface area contributed by atoms with Crippen LogP contribution in [0.15, 0.2) is 64.6 Å². The lowest BCUT2D eigenvalue weighted by molar-refractivity contribution is 0.103. The first-order valence-electron chi connectivity index (χ1n) is 10.6. The van der Waals surface area contributed by atoms with Crippen LogP contribution in [0.2, 0.25) is 10.0 Å². The van der Waals surface area contributed by atoms with Crippen LogP contribution in [-0.2, 0) is 0 Å². The van der Waals surface area contributed by atoms with Gasteiger partial charge in [0.25, 0.3) is 0 Å². The number of carbonyl (C=O) groups is 2. The predicted molar refractivity (Wildman–Crippen MR) is 136 cm³/mol. The van der Waals surface area contributed by atoms with Crippen molar-refractivity contribution in [3.05, 3.63) is 80.7 Å². The summed E-state index contributed by atoms with van der Waals surface area (Å²) in [6, 6.07) is 9.57. The number of hydrogen-bond acceptors (Lipinski definition) is 6. The molecule has 5 N–H and O–H groups in total. The maximum absolute atomic E-state index is 13.5. The number of anilines is 2. The van der Waals surface area contributed by atoms with Crippen LogP contribution >= 0.6 is 23.2 Å². The van der Waals surface area contributed by atoms with Gasteiger partial charge in [0.1, 0.15) is 12.0 Å². The highest BCUT2D eigenvalue weighted by molar-refractivity contribution is 6.35. The van der Waals surface area contributed by atoms with E-state index in [9.17, 15) is 9.59 Å². The second-order valence-corrected chi connectivity index (χ2v) is 9.12. The van der Waals surface area contributed by atoms with Gasteiger partial charge < -0.3 is 26.6 Å². The van der Waals surface area contributed by atoms with E-state index in [-0.39, 0.29) is 34.4 Å². The third kappa shape index (κ3) is 4.60. The van der Waals surface area contributed by atoms with E-state index in [1.54, 1.807) is 42.9 Å². The lowest BCUT2D eigenvalue weighted by Gasteiger charge is -2.34. The van der Waals surface area contributed by atoms with Crippen molar-refractivity contribution in [1.82, 2.24) is 10.2 Å². The Kier molecular flexibility index (Phi) is 6.54. The average Bonchev–Trinajstić information content (AvgIpc) is 3.22. The van der Waals surface area contributed by atoms with Crippen LogP contribution in [0.5, 0.6) is 0 Å². The summed E-state index contributed by atoms with van der Waals surface area (Å²) < 4.78 is 0.